The smallest absolute Gasteiger partial charge is 0.387 e. The molecule has 13 heteroatoms. The number of anilines is 2. The van der Waals surface area contributed by atoms with Gasteiger partial charge in [-0.05, 0) is 43.5 Å². The van der Waals surface area contributed by atoms with Gasteiger partial charge < -0.3 is 25.3 Å². The number of amides is 1. The van der Waals surface area contributed by atoms with Gasteiger partial charge in [0.05, 0.1) is 40.9 Å². The normalized spacial score (nSPS) is 17.1. The van der Waals surface area contributed by atoms with E-state index in [1.807, 2.05) is 0 Å². The summed E-state index contributed by atoms with van der Waals surface area (Å²) in [6, 6.07) is 9.07. The number of H-pyrrole nitrogens is 1. The average Bonchev–Trinajstić information content (AvgIpc) is 3.47. The predicted octanol–water partition coefficient (Wildman–Crippen LogP) is 3.25. The Bertz CT molecular complexity index is 1490. The second-order valence-corrected chi connectivity index (χ2v) is 9.18. The van der Waals surface area contributed by atoms with Crippen LogP contribution in [0, 0.1) is 0 Å². The lowest BCUT2D eigenvalue weighted by Gasteiger charge is -2.15. The number of hydrogen-bond donors (Lipinski definition) is 3. The van der Waals surface area contributed by atoms with E-state index in [1.165, 1.54) is 21.9 Å². The number of para-hydroxylation sites is 1. The molecule has 3 heterocycles. The van der Waals surface area contributed by atoms with E-state index < -0.39 is 6.61 Å². The highest BCUT2D eigenvalue weighted by Crippen LogP contribution is 2.26. The highest BCUT2D eigenvalue weighted by Gasteiger charge is 2.25. The molecule has 0 spiro atoms. The SMILES string of the molecule is CN(C)C(=O)c1cccc2c1[nH]c(=O)n2-c1ccc(N[C@H]2CC[C@H](Nc3ncc(OC(F)F)cn3)C2)nc1. The predicted molar refractivity (Wildman–Crippen MR) is 137 cm³/mol. The lowest BCUT2D eigenvalue weighted by molar-refractivity contribution is -0.0503. The Balaban J connectivity index is 1.24. The van der Waals surface area contributed by atoms with E-state index in [0.717, 1.165) is 19.3 Å². The molecule has 3 aromatic heterocycles. The van der Waals surface area contributed by atoms with Crippen LogP contribution in [0.2, 0.25) is 0 Å². The van der Waals surface area contributed by atoms with Crippen molar-refractivity contribution >= 4 is 28.7 Å². The van der Waals surface area contributed by atoms with Crippen LogP contribution in [0.3, 0.4) is 0 Å². The summed E-state index contributed by atoms with van der Waals surface area (Å²) in [4.78, 5) is 42.1. The van der Waals surface area contributed by atoms with E-state index in [2.05, 4.69) is 35.3 Å². The molecular formula is C25H26F2N8O3. The summed E-state index contributed by atoms with van der Waals surface area (Å²) in [5.74, 6) is 0.721. The molecule has 0 aliphatic heterocycles. The summed E-state index contributed by atoms with van der Waals surface area (Å²) >= 11 is 0. The minimum Gasteiger partial charge on any atom is -0.432 e. The Morgan fingerprint density at radius 3 is 2.47 bits per heavy atom. The quantitative estimate of drug-likeness (QED) is 0.320. The van der Waals surface area contributed by atoms with Gasteiger partial charge in [-0.15, -0.1) is 0 Å². The van der Waals surface area contributed by atoms with Crippen LogP contribution in [0.4, 0.5) is 20.5 Å². The van der Waals surface area contributed by atoms with Gasteiger partial charge in [-0.2, -0.15) is 8.78 Å². The van der Waals surface area contributed by atoms with Crippen LogP contribution in [0.15, 0.2) is 53.7 Å². The molecule has 0 saturated heterocycles. The average molecular weight is 525 g/mol. The van der Waals surface area contributed by atoms with E-state index >= 15 is 0 Å². The number of halogens is 2. The van der Waals surface area contributed by atoms with E-state index in [4.69, 9.17) is 0 Å². The number of aromatic amines is 1. The molecule has 1 amide bonds. The van der Waals surface area contributed by atoms with Crippen LogP contribution in [0.5, 0.6) is 5.75 Å². The molecule has 1 aliphatic carbocycles. The summed E-state index contributed by atoms with van der Waals surface area (Å²) in [5, 5.41) is 6.62. The maximum Gasteiger partial charge on any atom is 0.387 e. The van der Waals surface area contributed by atoms with Crippen molar-refractivity contribution in [1.29, 1.82) is 0 Å². The molecule has 0 bridgehead atoms. The third-order valence-electron chi connectivity index (χ3n) is 6.33. The number of nitrogens with one attached hydrogen (secondary N) is 3. The van der Waals surface area contributed by atoms with Crippen LogP contribution >= 0.6 is 0 Å². The van der Waals surface area contributed by atoms with Crippen molar-refractivity contribution in [2.24, 2.45) is 0 Å². The molecular weight excluding hydrogens is 498 g/mol. The highest BCUT2D eigenvalue weighted by molar-refractivity contribution is 6.04. The Labute approximate surface area is 215 Å². The molecule has 1 aliphatic rings. The zero-order valence-corrected chi connectivity index (χ0v) is 20.7. The number of carbonyl (C=O) groups excluding carboxylic acids is 1. The van der Waals surface area contributed by atoms with Crippen LogP contribution in [0.25, 0.3) is 16.7 Å². The summed E-state index contributed by atoms with van der Waals surface area (Å²) in [7, 11) is 3.32. The minimum atomic E-state index is -2.92. The Hall–Kier alpha value is -4.55. The molecule has 38 heavy (non-hydrogen) atoms. The maximum atomic E-state index is 12.8. The fourth-order valence-corrected chi connectivity index (χ4v) is 4.60. The molecule has 5 rings (SSSR count). The number of aromatic nitrogens is 5. The number of carbonyl (C=O) groups is 1. The molecule has 1 saturated carbocycles. The molecule has 3 N–H and O–H groups in total. The van der Waals surface area contributed by atoms with Crippen LogP contribution in [-0.4, -0.2) is 68.1 Å². The van der Waals surface area contributed by atoms with Crippen LogP contribution in [-0.2, 0) is 0 Å². The van der Waals surface area contributed by atoms with Gasteiger partial charge in [-0.25, -0.2) is 19.7 Å². The number of ether oxygens (including phenoxy) is 1. The molecule has 2 atom stereocenters. The monoisotopic (exact) mass is 524 g/mol. The number of benzene rings is 1. The molecule has 11 nitrogen and oxygen atoms in total. The van der Waals surface area contributed by atoms with Crippen molar-refractivity contribution in [3.05, 3.63) is 65.0 Å². The molecule has 0 radical (unpaired) electrons. The molecule has 1 fully saturated rings. The number of alkyl halides is 2. The number of rotatable bonds is 8. The third kappa shape index (κ3) is 5.26. The lowest BCUT2D eigenvalue weighted by Crippen LogP contribution is -2.22. The van der Waals surface area contributed by atoms with Gasteiger partial charge in [0.15, 0.2) is 5.75 Å². The molecule has 0 unspecified atom stereocenters. The first-order valence-corrected chi connectivity index (χ1v) is 12.0. The molecule has 198 valence electrons. The molecule has 1 aromatic carbocycles. The van der Waals surface area contributed by atoms with E-state index in [0.29, 0.717) is 34.1 Å². The Morgan fingerprint density at radius 1 is 1.08 bits per heavy atom. The summed E-state index contributed by atoms with van der Waals surface area (Å²) in [6.45, 7) is -2.92. The summed E-state index contributed by atoms with van der Waals surface area (Å²) in [5.41, 5.74) is 1.70. The van der Waals surface area contributed by atoms with Crippen molar-refractivity contribution in [3.63, 3.8) is 0 Å². The van der Waals surface area contributed by atoms with Crippen molar-refractivity contribution < 1.29 is 18.3 Å². The zero-order valence-electron chi connectivity index (χ0n) is 20.7. The fraction of sp³-hybridized carbons (Fsp3) is 0.320. The first kappa shape index (κ1) is 25.1. The van der Waals surface area contributed by atoms with Gasteiger partial charge in [-0.3, -0.25) is 9.36 Å². The first-order chi connectivity index (χ1) is 18.3. The molecule has 4 aromatic rings. The number of nitrogens with zero attached hydrogens (tertiary/aromatic N) is 5. The largest absolute Gasteiger partial charge is 0.432 e. The zero-order chi connectivity index (χ0) is 26.8. The van der Waals surface area contributed by atoms with E-state index in [1.54, 1.807) is 50.6 Å². The van der Waals surface area contributed by atoms with Crippen molar-refractivity contribution in [1.82, 2.24) is 29.4 Å². The topological polar surface area (TPSA) is 130 Å². The van der Waals surface area contributed by atoms with Gasteiger partial charge in [0, 0.05) is 26.2 Å². The van der Waals surface area contributed by atoms with Crippen molar-refractivity contribution in [2.75, 3.05) is 24.7 Å². The third-order valence-corrected chi connectivity index (χ3v) is 6.33. The van der Waals surface area contributed by atoms with Crippen molar-refractivity contribution in [3.8, 4) is 11.4 Å². The van der Waals surface area contributed by atoms with E-state index in [-0.39, 0.29) is 29.4 Å². The maximum absolute atomic E-state index is 12.8. The second kappa shape index (κ2) is 10.4. The van der Waals surface area contributed by atoms with Gasteiger partial charge in [0.25, 0.3) is 5.91 Å². The van der Waals surface area contributed by atoms with Gasteiger partial charge in [0.1, 0.15) is 5.82 Å². The van der Waals surface area contributed by atoms with E-state index in [9.17, 15) is 18.4 Å². The van der Waals surface area contributed by atoms with Crippen molar-refractivity contribution in [2.45, 2.75) is 38.0 Å². The van der Waals surface area contributed by atoms with Gasteiger partial charge in [-0.1, -0.05) is 6.07 Å². The first-order valence-electron chi connectivity index (χ1n) is 12.0. The number of pyridine rings is 1. The van der Waals surface area contributed by atoms with Gasteiger partial charge >= 0.3 is 12.3 Å². The standard InChI is InChI=1S/C25H26F2N8O3/c1-34(2)22(36)18-4-3-5-19-21(18)33-25(37)35(19)16-8-9-20(28-11-16)31-14-6-7-15(10-14)32-24-29-12-17(13-30-24)38-23(26)27/h3-5,8-9,11-15,23H,6-7,10H2,1-2H3,(H,28,31)(H,33,37)(H,29,30,32)/t14-,15-/m0/s1. The minimum absolute atomic E-state index is 0.0940. The number of hydrogen-bond acceptors (Lipinski definition) is 8. The van der Waals surface area contributed by atoms with Crippen LogP contribution < -0.4 is 21.1 Å². The summed E-state index contributed by atoms with van der Waals surface area (Å²) < 4.78 is 30.3. The number of imidazole rings is 1. The Kier molecular flexibility index (Phi) is 6.90. The van der Waals surface area contributed by atoms with Gasteiger partial charge in [0.2, 0.25) is 5.95 Å². The highest BCUT2D eigenvalue weighted by atomic mass is 19.3. The number of fused-ring (bicyclic) bond motifs is 1. The lowest BCUT2D eigenvalue weighted by atomic mass is 10.1. The Morgan fingerprint density at radius 2 is 1.82 bits per heavy atom. The fourth-order valence-electron chi connectivity index (χ4n) is 4.60. The second-order valence-electron chi connectivity index (χ2n) is 9.18. The summed E-state index contributed by atoms with van der Waals surface area (Å²) in [6.07, 6.45) is 6.56. The van der Waals surface area contributed by atoms with Crippen LogP contribution in [0.1, 0.15) is 29.6 Å².